The van der Waals surface area contributed by atoms with Gasteiger partial charge in [-0.05, 0) is 49.4 Å². The third-order valence-electron chi connectivity index (χ3n) is 21.5. The summed E-state index contributed by atoms with van der Waals surface area (Å²) in [5, 5.41) is 10.7. The van der Waals surface area contributed by atoms with Crippen molar-refractivity contribution in [1.29, 1.82) is 0 Å². The van der Waals surface area contributed by atoms with Gasteiger partial charge >= 0.3 is 39.5 Å². The van der Waals surface area contributed by atoms with Crippen molar-refractivity contribution in [3.05, 3.63) is 0 Å². The predicted octanol–water partition coefficient (Wildman–Crippen LogP) is 27.1. The predicted molar refractivity (Wildman–Crippen MR) is 446 cm³/mol. The van der Waals surface area contributed by atoms with E-state index >= 15 is 0 Å². The largest absolute Gasteiger partial charge is 0.472 e. The van der Waals surface area contributed by atoms with Crippen LogP contribution in [0, 0.1) is 23.7 Å². The second kappa shape index (κ2) is 77.6. The highest BCUT2D eigenvalue weighted by Gasteiger charge is 2.31. The zero-order chi connectivity index (χ0) is 79.5. The van der Waals surface area contributed by atoms with Crippen LogP contribution >= 0.6 is 15.6 Å². The number of phosphoric acid groups is 2. The van der Waals surface area contributed by atoms with Crippen molar-refractivity contribution in [3.8, 4) is 0 Å². The number of phosphoric ester groups is 2. The van der Waals surface area contributed by atoms with Crippen LogP contribution in [0.2, 0.25) is 0 Å². The molecule has 0 spiro atoms. The van der Waals surface area contributed by atoms with Crippen molar-refractivity contribution in [2.24, 2.45) is 23.7 Å². The van der Waals surface area contributed by atoms with Gasteiger partial charge in [-0.25, -0.2) is 9.13 Å². The Hall–Kier alpha value is -1.94. The SMILES string of the molecule is CCC(C)CCCCCCCCCCCCCCCCCCCCC(=O)O[C@H](COC(=O)CCCCCCCCC(C)C)COP(=O)(O)OC[C@H](O)COP(=O)(O)OC[C@@H](COC(=O)CCCCCCCCCCCCCCCCCCC(C)C)OC(=O)CCCCCCCCCCCCCCCCC(C)CC. The van der Waals surface area contributed by atoms with E-state index in [1.165, 1.54) is 263 Å². The average molecular weight is 1580 g/mol. The van der Waals surface area contributed by atoms with Crippen LogP contribution < -0.4 is 0 Å². The maximum atomic E-state index is 13.2. The Morgan fingerprint density at radius 2 is 0.444 bits per heavy atom. The molecule has 19 heteroatoms. The van der Waals surface area contributed by atoms with E-state index in [2.05, 4.69) is 55.4 Å². The Bertz CT molecular complexity index is 2100. The van der Waals surface area contributed by atoms with E-state index in [1.807, 2.05) is 0 Å². The minimum absolute atomic E-state index is 0.107. The summed E-state index contributed by atoms with van der Waals surface area (Å²) < 4.78 is 68.9. The molecular weight excluding hydrogens is 1400 g/mol. The molecule has 4 unspecified atom stereocenters. The zero-order valence-corrected chi connectivity index (χ0v) is 73.3. The van der Waals surface area contributed by atoms with Crippen LogP contribution in [0.5, 0.6) is 0 Å². The molecule has 0 saturated carbocycles. The van der Waals surface area contributed by atoms with E-state index in [1.54, 1.807) is 0 Å². The van der Waals surface area contributed by atoms with Gasteiger partial charge < -0.3 is 33.8 Å². The highest BCUT2D eigenvalue weighted by atomic mass is 31.2. The minimum Gasteiger partial charge on any atom is -0.462 e. The maximum Gasteiger partial charge on any atom is 0.472 e. The molecule has 0 aromatic rings. The molecule has 0 amide bonds. The van der Waals surface area contributed by atoms with Crippen molar-refractivity contribution < 1.29 is 80.2 Å². The average Bonchev–Trinajstić information content (AvgIpc) is 0.892. The number of ether oxygens (including phenoxy) is 4. The van der Waals surface area contributed by atoms with Gasteiger partial charge in [-0.1, -0.05) is 415 Å². The number of esters is 4. The molecule has 0 bridgehead atoms. The van der Waals surface area contributed by atoms with Gasteiger partial charge in [-0.3, -0.25) is 37.3 Å². The molecule has 0 aliphatic carbocycles. The fraction of sp³-hybridized carbons (Fsp3) is 0.955. The van der Waals surface area contributed by atoms with Crippen molar-refractivity contribution in [1.82, 2.24) is 0 Å². The lowest BCUT2D eigenvalue weighted by Crippen LogP contribution is -2.30. The molecular formula is C89H174O17P2. The molecule has 0 aromatic heterocycles. The Kier molecular flexibility index (Phi) is 76.2. The van der Waals surface area contributed by atoms with Crippen molar-refractivity contribution >= 4 is 39.5 Å². The van der Waals surface area contributed by atoms with Gasteiger partial charge in [-0.2, -0.15) is 0 Å². The molecule has 17 nitrogen and oxygen atoms in total. The van der Waals surface area contributed by atoms with Crippen molar-refractivity contribution in [2.75, 3.05) is 39.6 Å². The molecule has 7 atom stereocenters. The van der Waals surface area contributed by atoms with E-state index in [4.69, 9.17) is 37.0 Å². The molecule has 0 aliphatic rings. The van der Waals surface area contributed by atoms with Gasteiger partial charge in [0.15, 0.2) is 12.2 Å². The number of rotatable bonds is 86. The van der Waals surface area contributed by atoms with Crippen molar-refractivity contribution in [2.45, 2.75) is 485 Å². The minimum atomic E-state index is -4.97. The van der Waals surface area contributed by atoms with Crippen LogP contribution in [0.4, 0.5) is 0 Å². The van der Waals surface area contributed by atoms with Crippen LogP contribution in [0.3, 0.4) is 0 Å². The number of hydrogen-bond donors (Lipinski definition) is 3. The molecule has 642 valence electrons. The fourth-order valence-electron chi connectivity index (χ4n) is 13.8. The lowest BCUT2D eigenvalue weighted by molar-refractivity contribution is -0.161. The van der Waals surface area contributed by atoms with Gasteiger partial charge in [0, 0.05) is 25.7 Å². The highest BCUT2D eigenvalue weighted by molar-refractivity contribution is 7.47. The Morgan fingerprint density at radius 3 is 0.657 bits per heavy atom. The van der Waals surface area contributed by atoms with E-state index in [-0.39, 0.29) is 25.7 Å². The summed E-state index contributed by atoms with van der Waals surface area (Å²) in [5.74, 6) is 1.10. The third kappa shape index (κ3) is 79.3. The first-order chi connectivity index (χ1) is 52.2. The van der Waals surface area contributed by atoms with Gasteiger partial charge in [0.2, 0.25) is 0 Å². The number of carbonyl (C=O) groups excluding carboxylic acids is 4. The van der Waals surface area contributed by atoms with E-state index < -0.39 is 97.5 Å². The first-order valence-corrected chi connectivity index (χ1v) is 48.8. The van der Waals surface area contributed by atoms with Crippen molar-refractivity contribution in [3.63, 3.8) is 0 Å². The van der Waals surface area contributed by atoms with Crippen LogP contribution in [0.25, 0.3) is 0 Å². The summed E-state index contributed by atoms with van der Waals surface area (Å²) in [4.78, 5) is 73.3. The second-order valence-corrected chi connectivity index (χ2v) is 36.3. The molecule has 3 N–H and O–H groups in total. The first kappa shape index (κ1) is 106. The fourth-order valence-corrected chi connectivity index (χ4v) is 15.4. The topological polar surface area (TPSA) is 237 Å². The molecule has 0 fully saturated rings. The van der Waals surface area contributed by atoms with E-state index in [0.29, 0.717) is 31.6 Å². The lowest BCUT2D eigenvalue weighted by atomic mass is 9.99. The summed E-state index contributed by atoms with van der Waals surface area (Å²) >= 11 is 0. The molecule has 0 heterocycles. The standard InChI is InChI=1S/C89H174O17P2/c1-9-81(7)67-59-51-42-36-30-24-18-13-11-12-14-20-27-33-39-45-55-63-72-89(94)106-85(76-100-87(92)70-62-54-48-47-50-58-66-80(5)6)78-104-108(97,98)102-74-83(90)73-101-107(95,96)103-77-84(105-88(93)71-64-56-46-40-34-28-22-21-25-31-37-43-52-60-68-82(8)10-2)75-99-86(91)69-61-53-44-38-32-26-19-16-15-17-23-29-35-41-49-57-65-79(3)4/h79-85,90H,9-78H2,1-8H3,(H,95,96)(H,97,98)/t81?,82?,83-,84-,85-/m1/s1. The quantitative estimate of drug-likeness (QED) is 0.0222. The molecule has 0 aromatic carbocycles. The van der Waals surface area contributed by atoms with Gasteiger partial charge in [0.05, 0.1) is 26.4 Å². The zero-order valence-electron chi connectivity index (χ0n) is 71.5. The summed E-state index contributed by atoms with van der Waals surface area (Å²) in [5.41, 5.74) is 0. The maximum absolute atomic E-state index is 13.2. The monoisotopic (exact) mass is 1580 g/mol. The molecule has 0 saturated heterocycles. The second-order valence-electron chi connectivity index (χ2n) is 33.4. The van der Waals surface area contributed by atoms with E-state index in [9.17, 15) is 43.2 Å². The number of aliphatic hydroxyl groups excluding tert-OH is 1. The third-order valence-corrected chi connectivity index (χ3v) is 23.4. The summed E-state index contributed by atoms with van der Waals surface area (Å²) in [7, 11) is -9.93. The van der Waals surface area contributed by atoms with Gasteiger partial charge in [-0.15, -0.1) is 0 Å². The smallest absolute Gasteiger partial charge is 0.462 e. The molecule has 0 radical (unpaired) electrons. The molecule has 0 aliphatic heterocycles. The number of unbranched alkanes of at least 4 members (excludes halogenated alkanes) is 50. The molecule has 0 rings (SSSR count). The normalized spacial score (nSPS) is 14.4. The van der Waals surface area contributed by atoms with Crippen LogP contribution in [0.15, 0.2) is 0 Å². The Labute approximate surface area is 664 Å². The van der Waals surface area contributed by atoms with Gasteiger partial charge in [0.1, 0.15) is 19.3 Å². The highest BCUT2D eigenvalue weighted by Crippen LogP contribution is 2.45. The Morgan fingerprint density at radius 1 is 0.259 bits per heavy atom. The lowest BCUT2D eigenvalue weighted by Gasteiger charge is -2.21. The molecule has 108 heavy (non-hydrogen) atoms. The van der Waals surface area contributed by atoms with Crippen LogP contribution in [-0.2, 0) is 65.4 Å². The van der Waals surface area contributed by atoms with Crippen LogP contribution in [0.1, 0.15) is 466 Å². The summed E-state index contributed by atoms with van der Waals surface area (Å²) in [6.45, 7) is 14.4. The number of carbonyl (C=O) groups is 4. The van der Waals surface area contributed by atoms with Gasteiger partial charge in [0.25, 0.3) is 0 Å². The number of aliphatic hydroxyl groups is 1. The summed E-state index contributed by atoms with van der Waals surface area (Å²) in [6, 6.07) is 0. The van der Waals surface area contributed by atoms with E-state index in [0.717, 1.165) is 114 Å². The number of hydrogen-bond acceptors (Lipinski definition) is 15. The Balaban J connectivity index is 5.19. The first-order valence-electron chi connectivity index (χ1n) is 45.8. The summed E-state index contributed by atoms with van der Waals surface area (Å²) in [6.07, 6.45) is 68.2. The van der Waals surface area contributed by atoms with Crippen LogP contribution in [-0.4, -0.2) is 96.7 Å².